The third-order valence-corrected chi connectivity index (χ3v) is 7.06. The Balaban J connectivity index is 1.57. The molecular formula is C27H30FN9O. The molecule has 0 bridgehead atoms. The van der Waals surface area contributed by atoms with Crippen molar-refractivity contribution in [1.29, 1.82) is 0 Å². The Morgan fingerprint density at radius 3 is 2.74 bits per heavy atom. The predicted octanol–water partition coefficient (Wildman–Crippen LogP) is 4.19. The van der Waals surface area contributed by atoms with Crippen molar-refractivity contribution in [1.82, 2.24) is 39.1 Å². The molecule has 0 saturated heterocycles. The lowest BCUT2D eigenvalue weighted by Crippen LogP contribution is -2.30. The number of nitrogens with zero attached hydrogens (tertiary/aromatic N) is 8. The molecule has 1 aliphatic carbocycles. The molecule has 1 fully saturated rings. The number of benzene rings is 1. The van der Waals surface area contributed by atoms with Gasteiger partial charge in [-0.1, -0.05) is 26.8 Å². The van der Waals surface area contributed by atoms with Gasteiger partial charge in [0.15, 0.2) is 5.65 Å². The topological polar surface area (TPSA) is 122 Å². The van der Waals surface area contributed by atoms with Crippen molar-refractivity contribution in [2.75, 3.05) is 5.73 Å². The van der Waals surface area contributed by atoms with E-state index in [0.29, 0.717) is 58.7 Å². The molecule has 11 heteroatoms. The van der Waals surface area contributed by atoms with Gasteiger partial charge in [0.1, 0.15) is 40.9 Å². The molecule has 0 unspecified atom stereocenters. The maximum Gasteiger partial charge on any atom is 0.264 e. The lowest BCUT2D eigenvalue weighted by Gasteiger charge is -2.21. The Labute approximate surface area is 218 Å². The molecule has 1 aliphatic rings. The summed E-state index contributed by atoms with van der Waals surface area (Å²) in [5.74, 6) is 1.10. The van der Waals surface area contributed by atoms with Crippen LogP contribution >= 0.6 is 0 Å². The van der Waals surface area contributed by atoms with E-state index in [1.165, 1.54) is 12.4 Å². The number of hydrogen-bond donors (Lipinski definition) is 1. The van der Waals surface area contributed by atoms with Crippen LogP contribution in [0.1, 0.15) is 51.9 Å². The van der Waals surface area contributed by atoms with Crippen molar-refractivity contribution in [3.8, 4) is 11.3 Å². The van der Waals surface area contributed by atoms with Crippen LogP contribution in [0.4, 0.5) is 10.2 Å². The van der Waals surface area contributed by atoms with Gasteiger partial charge in [0.2, 0.25) is 0 Å². The van der Waals surface area contributed by atoms with Gasteiger partial charge in [-0.2, -0.15) is 10.2 Å². The average Bonchev–Trinajstić information content (AvgIpc) is 3.45. The van der Waals surface area contributed by atoms with Gasteiger partial charge >= 0.3 is 0 Å². The van der Waals surface area contributed by atoms with Gasteiger partial charge in [-0.05, 0) is 43.2 Å². The normalized spacial score (nSPS) is 14.7. The zero-order valence-corrected chi connectivity index (χ0v) is 21.7. The van der Waals surface area contributed by atoms with E-state index in [9.17, 15) is 9.18 Å². The largest absolute Gasteiger partial charge is 0.383 e. The highest BCUT2D eigenvalue weighted by molar-refractivity contribution is 5.98. The van der Waals surface area contributed by atoms with E-state index in [1.54, 1.807) is 27.6 Å². The fourth-order valence-electron chi connectivity index (χ4n) is 5.07. The Bertz CT molecular complexity index is 1710. The molecule has 4 aromatic heterocycles. The van der Waals surface area contributed by atoms with Gasteiger partial charge in [-0.25, -0.2) is 24.0 Å². The van der Waals surface area contributed by atoms with Crippen LogP contribution in [0.3, 0.4) is 0 Å². The second-order valence-corrected chi connectivity index (χ2v) is 10.5. The van der Waals surface area contributed by atoms with E-state index in [4.69, 9.17) is 15.8 Å². The molecular weight excluding hydrogens is 485 g/mol. The summed E-state index contributed by atoms with van der Waals surface area (Å²) in [5, 5.41) is 10.1. The summed E-state index contributed by atoms with van der Waals surface area (Å²) in [6.45, 7) is 7.53. The number of halogens is 1. The molecule has 10 nitrogen and oxygen atoms in total. The van der Waals surface area contributed by atoms with Gasteiger partial charge in [-0.15, -0.1) is 0 Å². The van der Waals surface area contributed by atoms with Gasteiger partial charge < -0.3 is 5.73 Å². The standard InChI is InChI=1S/C27H30FN9O/c1-4-20(25-33-19-7-5-6-18(28)21(19)27(38)36(25)12-16-8-9-16)37-26-22(24(29)30-14-31-26)23(34-37)17-10-32-35(13-17)11-15(2)3/h5-7,10,13-16,20H,4,8-9,11-12H2,1-3H3,(H2,29,30,31)/t20-/m0/s1. The van der Waals surface area contributed by atoms with E-state index in [1.807, 2.05) is 17.8 Å². The first-order valence-corrected chi connectivity index (χ1v) is 13.1. The molecule has 6 rings (SSSR count). The number of fused-ring (bicyclic) bond motifs is 2. The maximum atomic E-state index is 14.7. The summed E-state index contributed by atoms with van der Waals surface area (Å²) >= 11 is 0. The van der Waals surface area contributed by atoms with Crippen LogP contribution in [0.25, 0.3) is 33.2 Å². The molecule has 0 spiro atoms. The van der Waals surface area contributed by atoms with Crippen LogP contribution in [0.2, 0.25) is 0 Å². The fraction of sp³-hybridized carbons (Fsp3) is 0.407. The van der Waals surface area contributed by atoms with Crippen LogP contribution in [0.15, 0.2) is 41.7 Å². The number of aromatic nitrogens is 8. The summed E-state index contributed by atoms with van der Waals surface area (Å²) in [6, 6.07) is 4.11. The second-order valence-electron chi connectivity index (χ2n) is 10.5. The maximum absolute atomic E-state index is 14.7. The minimum absolute atomic E-state index is 0.0156. The number of nitrogen functional groups attached to an aromatic ring is 1. The third kappa shape index (κ3) is 4.11. The van der Waals surface area contributed by atoms with Crippen molar-refractivity contribution >= 4 is 27.8 Å². The van der Waals surface area contributed by atoms with E-state index in [-0.39, 0.29) is 10.9 Å². The highest BCUT2D eigenvalue weighted by Gasteiger charge is 2.30. The molecule has 0 radical (unpaired) electrons. The summed E-state index contributed by atoms with van der Waals surface area (Å²) in [4.78, 5) is 27.2. The highest BCUT2D eigenvalue weighted by Crippen LogP contribution is 2.35. The van der Waals surface area contributed by atoms with Crippen LogP contribution in [-0.2, 0) is 13.1 Å². The van der Waals surface area contributed by atoms with Crippen molar-refractivity contribution < 1.29 is 4.39 Å². The zero-order chi connectivity index (χ0) is 26.6. The molecule has 38 heavy (non-hydrogen) atoms. The lowest BCUT2D eigenvalue weighted by atomic mass is 10.1. The highest BCUT2D eigenvalue weighted by atomic mass is 19.1. The Hall–Kier alpha value is -4.15. The second kappa shape index (κ2) is 9.30. The van der Waals surface area contributed by atoms with Crippen molar-refractivity contribution in [2.45, 2.75) is 59.2 Å². The zero-order valence-electron chi connectivity index (χ0n) is 21.7. The number of nitrogens with two attached hydrogens (primary N) is 1. The first kappa shape index (κ1) is 24.2. The Morgan fingerprint density at radius 2 is 2.00 bits per heavy atom. The summed E-state index contributed by atoms with van der Waals surface area (Å²) in [7, 11) is 0. The molecule has 196 valence electrons. The molecule has 1 atom stereocenters. The molecule has 0 amide bonds. The molecule has 1 saturated carbocycles. The lowest BCUT2D eigenvalue weighted by molar-refractivity contribution is 0.449. The van der Waals surface area contributed by atoms with E-state index >= 15 is 0 Å². The molecule has 2 N–H and O–H groups in total. The van der Waals surface area contributed by atoms with Crippen molar-refractivity contribution in [3.63, 3.8) is 0 Å². The monoisotopic (exact) mass is 515 g/mol. The number of rotatable bonds is 8. The SMILES string of the molecule is CC[C@@H](c1nc2cccc(F)c2c(=O)n1CC1CC1)n1nc(-c2cnn(CC(C)C)c2)c2c(N)ncnc21. The van der Waals surface area contributed by atoms with E-state index in [0.717, 1.165) is 24.9 Å². The van der Waals surface area contributed by atoms with Crippen molar-refractivity contribution in [2.24, 2.45) is 11.8 Å². The molecule has 4 heterocycles. The third-order valence-electron chi connectivity index (χ3n) is 7.06. The number of hydrogen-bond acceptors (Lipinski definition) is 7. The average molecular weight is 516 g/mol. The van der Waals surface area contributed by atoms with Crippen LogP contribution in [-0.4, -0.2) is 39.1 Å². The first-order valence-electron chi connectivity index (χ1n) is 13.1. The van der Waals surface area contributed by atoms with Crippen LogP contribution in [0.5, 0.6) is 0 Å². The fourth-order valence-corrected chi connectivity index (χ4v) is 5.07. The molecule has 5 aromatic rings. The molecule has 1 aromatic carbocycles. The quantitative estimate of drug-likeness (QED) is 0.329. The van der Waals surface area contributed by atoms with Gasteiger partial charge in [0, 0.05) is 24.8 Å². The van der Waals surface area contributed by atoms with E-state index in [2.05, 4.69) is 28.9 Å². The van der Waals surface area contributed by atoms with Crippen LogP contribution in [0, 0.1) is 17.7 Å². The molecule has 0 aliphatic heterocycles. The predicted molar refractivity (Wildman–Crippen MR) is 143 cm³/mol. The van der Waals surface area contributed by atoms with E-state index < -0.39 is 11.9 Å². The minimum atomic E-state index is -0.560. The smallest absolute Gasteiger partial charge is 0.264 e. The minimum Gasteiger partial charge on any atom is -0.383 e. The summed E-state index contributed by atoms with van der Waals surface area (Å²) in [5.41, 5.74) is 8.28. The van der Waals surface area contributed by atoms with Crippen molar-refractivity contribution in [3.05, 3.63) is 58.9 Å². The Kier molecular flexibility index (Phi) is 5.93. The van der Waals surface area contributed by atoms with Crippen LogP contribution < -0.4 is 11.3 Å². The Morgan fingerprint density at radius 1 is 1.18 bits per heavy atom. The number of anilines is 1. The van der Waals surface area contributed by atoms with Gasteiger partial charge in [-0.3, -0.25) is 14.0 Å². The summed E-state index contributed by atoms with van der Waals surface area (Å²) in [6.07, 6.45) is 7.77. The first-order chi connectivity index (χ1) is 18.4. The van der Waals surface area contributed by atoms with Gasteiger partial charge in [0.05, 0.1) is 17.1 Å². The summed E-state index contributed by atoms with van der Waals surface area (Å²) < 4.78 is 20.0. The van der Waals surface area contributed by atoms with Gasteiger partial charge in [0.25, 0.3) is 5.56 Å².